The Morgan fingerprint density at radius 3 is 2.69 bits per heavy atom. The molecule has 2 aromatic carbocycles. The Morgan fingerprint density at radius 2 is 1.88 bits per heavy atom. The number of aryl methyl sites for hydroxylation is 2. The third kappa shape index (κ3) is 3.53. The summed E-state index contributed by atoms with van der Waals surface area (Å²) in [6.07, 6.45) is 8.67. The Balaban J connectivity index is 0.00000196. The normalized spacial score (nSPS) is 14.9. The van der Waals surface area contributed by atoms with Crippen molar-refractivity contribution >= 4 is 34.4 Å². The molecule has 1 aromatic heterocycles. The van der Waals surface area contributed by atoms with E-state index >= 15 is 0 Å². The molecular weight excluding hydrogens is 451 g/mol. The number of hydrogen-bond donors (Lipinski definition) is 0. The Labute approximate surface area is 176 Å². The largest absolute Gasteiger partial charge is 1.00 e. The second-order valence-electron chi connectivity index (χ2n) is 6.40. The first kappa shape index (κ1) is 19.0. The number of pyridine rings is 1. The zero-order valence-electron chi connectivity index (χ0n) is 15.1. The van der Waals surface area contributed by atoms with Crippen LogP contribution >= 0.6 is 11.8 Å². The third-order valence-electron chi connectivity index (χ3n) is 4.61. The van der Waals surface area contributed by atoms with Gasteiger partial charge in [-0.15, -0.1) is 0 Å². The van der Waals surface area contributed by atoms with Crippen LogP contribution < -0.4 is 33.4 Å². The average molecular weight is 472 g/mol. The Bertz CT molecular complexity index is 1020. The van der Waals surface area contributed by atoms with E-state index in [-0.39, 0.29) is 24.0 Å². The highest BCUT2D eigenvalue weighted by Crippen LogP contribution is 2.44. The summed E-state index contributed by atoms with van der Waals surface area (Å²) in [6.45, 7) is 2.14. The number of fused-ring (bicyclic) bond motifs is 2. The number of thioether (sulfide) groups is 1. The van der Waals surface area contributed by atoms with E-state index in [1.54, 1.807) is 0 Å². The van der Waals surface area contributed by atoms with Crippen molar-refractivity contribution in [3.05, 3.63) is 83.0 Å². The molecule has 4 heteroatoms. The maximum absolute atomic E-state index is 2.25. The highest BCUT2D eigenvalue weighted by atomic mass is 127. The van der Waals surface area contributed by atoms with Crippen molar-refractivity contribution in [3.63, 3.8) is 0 Å². The van der Waals surface area contributed by atoms with Gasteiger partial charge in [0.15, 0.2) is 6.20 Å². The minimum atomic E-state index is 0. The minimum Gasteiger partial charge on any atom is -1.00 e. The van der Waals surface area contributed by atoms with E-state index in [0.29, 0.717) is 0 Å². The SMILES string of the molecule is Cc1ccc2c(C=CC=C3Sc4ccccc4N3C)cc[n+](C)c2c1.[I-]. The number of allylic oxidation sites excluding steroid dienone is 2. The first-order valence-corrected chi connectivity index (χ1v) is 9.23. The molecule has 0 amide bonds. The van der Waals surface area contributed by atoms with Crippen LogP contribution in [0.4, 0.5) is 5.69 Å². The fourth-order valence-electron chi connectivity index (χ4n) is 3.19. The number of hydrogen-bond acceptors (Lipinski definition) is 2. The van der Waals surface area contributed by atoms with E-state index in [2.05, 4.69) is 103 Å². The van der Waals surface area contributed by atoms with Crippen LogP contribution in [0.15, 0.2) is 76.8 Å². The summed E-state index contributed by atoms with van der Waals surface area (Å²) in [5.41, 5.74) is 5.07. The van der Waals surface area contributed by atoms with Gasteiger partial charge < -0.3 is 28.9 Å². The van der Waals surface area contributed by atoms with Gasteiger partial charge >= 0.3 is 0 Å². The van der Waals surface area contributed by atoms with E-state index in [0.717, 1.165) is 0 Å². The molecular formula is C22H21IN2S. The lowest BCUT2D eigenvalue weighted by Crippen LogP contribution is -3.00. The van der Waals surface area contributed by atoms with Crippen molar-refractivity contribution < 1.29 is 28.5 Å². The predicted octanol–water partition coefficient (Wildman–Crippen LogP) is 2.07. The van der Waals surface area contributed by atoms with E-state index < -0.39 is 0 Å². The van der Waals surface area contributed by atoms with Crippen molar-refractivity contribution in [1.29, 1.82) is 0 Å². The van der Waals surface area contributed by atoms with E-state index in [1.165, 1.54) is 37.6 Å². The molecule has 0 fully saturated rings. The molecule has 0 bridgehead atoms. The number of benzene rings is 2. The van der Waals surface area contributed by atoms with E-state index in [1.807, 2.05) is 11.8 Å². The van der Waals surface area contributed by atoms with Crippen LogP contribution in [0.5, 0.6) is 0 Å². The zero-order valence-corrected chi connectivity index (χ0v) is 18.1. The molecule has 0 saturated carbocycles. The molecule has 0 unspecified atom stereocenters. The second kappa shape index (κ2) is 7.84. The van der Waals surface area contributed by atoms with Crippen molar-refractivity contribution in [1.82, 2.24) is 0 Å². The maximum atomic E-state index is 2.25. The van der Waals surface area contributed by atoms with Crippen LogP contribution in [0.1, 0.15) is 11.1 Å². The highest BCUT2D eigenvalue weighted by molar-refractivity contribution is 8.03. The molecule has 0 N–H and O–H groups in total. The molecule has 132 valence electrons. The first-order chi connectivity index (χ1) is 12.1. The van der Waals surface area contributed by atoms with E-state index in [9.17, 15) is 0 Å². The highest BCUT2D eigenvalue weighted by Gasteiger charge is 2.20. The Hall–Kier alpha value is -1.79. The van der Waals surface area contributed by atoms with Gasteiger partial charge in [0.2, 0.25) is 5.52 Å². The number of aromatic nitrogens is 1. The van der Waals surface area contributed by atoms with Gasteiger partial charge in [-0.25, -0.2) is 4.57 Å². The van der Waals surface area contributed by atoms with Crippen molar-refractivity contribution in [2.45, 2.75) is 11.8 Å². The quantitative estimate of drug-likeness (QED) is 0.417. The minimum absolute atomic E-state index is 0. The summed E-state index contributed by atoms with van der Waals surface area (Å²) >= 11 is 1.82. The first-order valence-electron chi connectivity index (χ1n) is 8.41. The summed E-state index contributed by atoms with van der Waals surface area (Å²) in [5.74, 6) is 0. The van der Waals surface area contributed by atoms with Gasteiger partial charge in [-0.3, -0.25) is 0 Å². The third-order valence-corrected chi connectivity index (χ3v) is 5.79. The molecule has 1 aliphatic heterocycles. The van der Waals surface area contributed by atoms with Gasteiger partial charge in [0.25, 0.3) is 0 Å². The topological polar surface area (TPSA) is 7.12 Å². The molecule has 0 radical (unpaired) electrons. The van der Waals surface area contributed by atoms with Gasteiger partial charge in [0.05, 0.1) is 16.1 Å². The average Bonchev–Trinajstić information content (AvgIpc) is 2.94. The summed E-state index contributed by atoms with van der Waals surface area (Å²) < 4.78 is 2.18. The molecule has 3 aromatic rings. The molecule has 0 atom stereocenters. The summed E-state index contributed by atoms with van der Waals surface area (Å²) in [5, 5.41) is 2.53. The Morgan fingerprint density at radius 1 is 1.08 bits per heavy atom. The monoisotopic (exact) mass is 472 g/mol. The van der Waals surface area contributed by atoms with Crippen LogP contribution in [0.3, 0.4) is 0 Å². The Kier molecular flexibility index (Phi) is 5.73. The molecule has 4 rings (SSSR count). The molecule has 26 heavy (non-hydrogen) atoms. The van der Waals surface area contributed by atoms with Crippen LogP contribution in [-0.4, -0.2) is 7.05 Å². The van der Waals surface area contributed by atoms with Crippen LogP contribution in [0.25, 0.3) is 17.0 Å². The standard InChI is InChI=1S/C22H21N2S.HI/c1-16-11-12-18-17(13-14-23(2)20(18)15-16)7-6-10-22-24(3)19-8-4-5-9-21(19)25-22;/h4-15H,1-3H3;1H/q+1;/p-1. The van der Waals surface area contributed by atoms with Crippen LogP contribution in [0.2, 0.25) is 0 Å². The van der Waals surface area contributed by atoms with Gasteiger partial charge in [0.1, 0.15) is 7.05 Å². The van der Waals surface area contributed by atoms with Crippen molar-refractivity contribution in [2.75, 3.05) is 11.9 Å². The molecule has 2 nitrogen and oxygen atoms in total. The lowest BCUT2D eigenvalue weighted by atomic mass is 10.1. The molecule has 0 spiro atoms. The zero-order chi connectivity index (χ0) is 17.4. The van der Waals surface area contributed by atoms with Crippen molar-refractivity contribution in [2.24, 2.45) is 7.05 Å². The molecule has 2 heterocycles. The fraction of sp³-hybridized carbons (Fsp3) is 0.136. The second-order valence-corrected chi connectivity index (χ2v) is 7.46. The number of rotatable bonds is 2. The van der Waals surface area contributed by atoms with Gasteiger partial charge in [-0.2, -0.15) is 0 Å². The molecule has 0 saturated heterocycles. The fourth-order valence-corrected chi connectivity index (χ4v) is 4.25. The predicted molar refractivity (Wildman–Crippen MR) is 108 cm³/mol. The summed E-state index contributed by atoms with van der Waals surface area (Å²) in [6, 6.07) is 17.3. The van der Waals surface area contributed by atoms with Crippen LogP contribution in [0, 0.1) is 6.92 Å². The summed E-state index contributed by atoms with van der Waals surface area (Å²) in [7, 11) is 4.22. The van der Waals surface area contributed by atoms with Gasteiger partial charge in [-0.05, 0) is 42.3 Å². The maximum Gasteiger partial charge on any atom is 0.213 e. The lowest BCUT2D eigenvalue weighted by Gasteiger charge is -2.12. The molecule has 1 aliphatic rings. The number of nitrogens with zero attached hydrogens (tertiary/aromatic N) is 2. The van der Waals surface area contributed by atoms with Crippen molar-refractivity contribution in [3.8, 4) is 0 Å². The number of anilines is 1. The molecule has 0 aliphatic carbocycles. The van der Waals surface area contributed by atoms with Crippen LogP contribution in [-0.2, 0) is 7.05 Å². The smallest absolute Gasteiger partial charge is 0.213 e. The van der Waals surface area contributed by atoms with Gasteiger partial charge in [-0.1, -0.05) is 42.1 Å². The lowest BCUT2D eigenvalue weighted by molar-refractivity contribution is -0.644. The number of halogens is 1. The van der Waals surface area contributed by atoms with E-state index in [4.69, 9.17) is 0 Å². The summed E-state index contributed by atoms with van der Waals surface area (Å²) in [4.78, 5) is 3.56. The van der Waals surface area contributed by atoms with Gasteiger partial charge in [0, 0.05) is 24.1 Å². The number of para-hydroxylation sites is 1.